The lowest BCUT2D eigenvalue weighted by Gasteiger charge is -2.31. The number of hydrogen-bond acceptors (Lipinski definition) is 6. The van der Waals surface area contributed by atoms with Crippen LogP contribution in [0, 0.1) is 0 Å². The van der Waals surface area contributed by atoms with Crippen molar-refractivity contribution in [3.8, 4) is 33.9 Å². The van der Waals surface area contributed by atoms with E-state index in [9.17, 15) is 0 Å². The van der Waals surface area contributed by atoms with Gasteiger partial charge in [-0.3, -0.25) is 19.4 Å². The van der Waals surface area contributed by atoms with E-state index >= 15 is 0 Å². The van der Waals surface area contributed by atoms with Gasteiger partial charge in [-0.1, -0.05) is 60.7 Å². The molecular formula is C31H28N8. The first-order chi connectivity index (χ1) is 19.3. The molecule has 6 aromatic rings. The topological polar surface area (TPSA) is 87.9 Å². The van der Waals surface area contributed by atoms with Gasteiger partial charge in [0.1, 0.15) is 11.5 Å². The molecule has 1 saturated heterocycles. The summed E-state index contributed by atoms with van der Waals surface area (Å²) in [5, 5.41) is 7.55. The van der Waals surface area contributed by atoms with E-state index in [-0.39, 0.29) is 0 Å². The van der Waals surface area contributed by atoms with E-state index in [4.69, 9.17) is 9.97 Å². The Bertz CT molecular complexity index is 1680. The van der Waals surface area contributed by atoms with Gasteiger partial charge in [0.15, 0.2) is 5.82 Å². The van der Waals surface area contributed by atoms with Crippen molar-refractivity contribution < 1.29 is 0 Å². The van der Waals surface area contributed by atoms with Crippen molar-refractivity contribution in [2.45, 2.75) is 25.3 Å². The monoisotopic (exact) mass is 512 g/mol. The van der Waals surface area contributed by atoms with Crippen molar-refractivity contribution in [1.82, 2.24) is 39.4 Å². The summed E-state index contributed by atoms with van der Waals surface area (Å²) in [4.78, 5) is 20.9. The molecule has 0 aliphatic carbocycles. The quantitative estimate of drug-likeness (QED) is 0.312. The maximum absolute atomic E-state index is 4.91. The second kappa shape index (κ2) is 10.2. The number of fused-ring (bicyclic) bond motifs is 1. The molecule has 8 nitrogen and oxygen atoms in total. The smallest absolute Gasteiger partial charge is 0.234 e. The fourth-order valence-electron chi connectivity index (χ4n) is 5.36. The summed E-state index contributed by atoms with van der Waals surface area (Å²) < 4.78 is 1.97. The van der Waals surface area contributed by atoms with Gasteiger partial charge < -0.3 is 0 Å². The van der Waals surface area contributed by atoms with E-state index in [1.165, 1.54) is 5.56 Å². The highest BCUT2D eigenvalue weighted by Crippen LogP contribution is 2.32. The van der Waals surface area contributed by atoms with Gasteiger partial charge in [-0.25, -0.2) is 15.0 Å². The Morgan fingerprint density at radius 1 is 0.795 bits per heavy atom. The van der Waals surface area contributed by atoms with Crippen LogP contribution in [0.4, 0.5) is 0 Å². The summed E-state index contributed by atoms with van der Waals surface area (Å²) in [6.45, 7) is 2.99. The fourth-order valence-corrected chi connectivity index (χ4v) is 5.36. The van der Waals surface area contributed by atoms with Gasteiger partial charge in [-0.2, -0.15) is 5.10 Å². The first-order valence-electron chi connectivity index (χ1n) is 13.3. The molecule has 2 aromatic carbocycles. The normalized spacial score (nSPS) is 14.7. The lowest BCUT2D eigenvalue weighted by atomic mass is 9.95. The fraction of sp³-hybridized carbons (Fsp3) is 0.194. The summed E-state index contributed by atoms with van der Waals surface area (Å²) in [5.74, 6) is 2.74. The predicted octanol–water partition coefficient (Wildman–Crippen LogP) is 5.62. The van der Waals surface area contributed by atoms with Gasteiger partial charge in [0.2, 0.25) is 5.78 Å². The van der Waals surface area contributed by atoms with Gasteiger partial charge in [-0.15, -0.1) is 0 Å². The third kappa shape index (κ3) is 4.82. The number of hydrogen-bond donors (Lipinski definition) is 1. The second-order valence-electron chi connectivity index (χ2n) is 10.0. The zero-order valence-electron chi connectivity index (χ0n) is 21.5. The Hall–Kier alpha value is -4.69. The lowest BCUT2D eigenvalue weighted by Crippen LogP contribution is -2.32. The molecule has 0 bridgehead atoms. The van der Waals surface area contributed by atoms with Crippen molar-refractivity contribution in [3.63, 3.8) is 0 Å². The number of aromatic nitrogens is 7. The van der Waals surface area contributed by atoms with Crippen molar-refractivity contribution in [2.75, 3.05) is 13.1 Å². The van der Waals surface area contributed by atoms with Crippen molar-refractivity contribution in [3.05, 3.63) is 109 Å². The summed E-state index contributed by atoms with van der Waals surface area (Å²) in [7, 11) is 0. The summed E-state index contributed by atoms with van der Waals surface area (Å²) in [6.07, 6.45) is 9.73. The average Bonchev–Trinajstić information content (AvgIpc) is 3.68. The van der Waals surface area contributed by atoms with Crippen LogP contribution in [-0.2, 0) is 6.54 Å². The molecule has 0 saturated carbocycles. The van der Waals surface area contributed by atoms with Crippen molar-refractivity contribution in [2.24, 2.45) is 0 Å². The van der Waals surface area contributed by atoms with Crippen LogP contribution in [0.25, 0.3) is 39.7 Å². The largest absolute Gasteiger partial charge is 0.299 e. The highest BCUT2D eigenvalue weighted by Gasteiger charge is 2.24. The van der Waals surface area contributed by atoms with Crippen LogP contribution < -0.4 is 0 Å². The zero-order chi connectivity index (χ0) is 26.0. The third-order valence-electron chi connectivity index (χ3n) is 7.47. The minimum atomic E-state index is 0.397. The van der Waals surface area contributed by atoms with E-state index in [1.807, 2.05) is 34.9 Å². The number of likely N-dealkylation sites (tertiary alicyclic amines) is 1. The van der Waals surface area contributed by atoms with Crippen molar-refractivity contribution >= 4 is 5.78 Å². The number of imidazole rings is 1. The molecule has 0 radical (unpaired) electrons. The van der Waals surface area contributed by atoms with Crippen LogP contribution in [0.15, 0.2) is 97.6 Å². The second-order valence-corrected chi connectivity index (χ2v) is 10.0. The molecule has 5 heterocycles. The van der Waals surface area contributed by atoms with Crippen LogP contribution >= 0.6 is 0 Å². The molecule has 0 amide bonds. The number of H-pyrrole nitrogens is 1. The minimum absolute atomic E-state index is 0.397. The Morgan fingerprint density at radius 2 is 1.62 bits per heavy atom. The number of nitrogens with zero attached hydrogens (tertiary/aromatic N) is 7. The van der Waals surface area contributed by atoms with E-state index in [2.05, 4.69) is 79.8 Å². The summed E-state index contributed by atoms with van der Waals surface area (Å²) >= 11 is 0. The van der Waals surface area contributed by atoms with Crippen LogP contribution in [0.1, 0.15) is 30.1 Å². The third-order valence-corrected chi connectivity index (χ3v) is 7.47. The number of nitrogens with one attached hydrogen (secondary N) is 1. The molecule has 4 aromatic heterocycles. The molecule has 1 aliphatic heterocycles. The molecule has 0 unspecified atom stereocenters. The molecule has 192 valence electrons. The lowest BCUT2D eigenvalue weighted by molar-refractivity contribution is 0.202. The molecule has 7 rings (SSSR count). The first kappa shape index (κ1) is 23.4. The van der Waals surface area contributed by atoms with E-state index in [1.54, 1.807) is 12.4 Å². The molecule has 1 aliphatic rings. The van der Waals surface area contributed by atoms with Crippen LogP contribution in [0.3, 0.4) is 0 Å². The number of piperidine rings is 1. The van der Waals surface area contributed by atoms with Crippen LogP contribution in [-0.4, -0.2) is 52.5 Å². The van der Waals surface area contributed by atoms with Crippen LogP contribution in [0.5, 0.6) is 0 Å². The molecule has 1 fully saturated rings. The number of aromatic amines is 1. The number of benzene rings is 2. The molecule has 1 N–H and O–H groups in total. The Balaban J connectivity index is 1.04. The average molecular weight is 513 g/mol. The maximum Gasteiger partial charge on any atom is 0.234 e. The Labute approximate surface area is 226 Å². The van der Waals surface area contributed by atoms with Gasteiger partial charge in [0, 0.05) is 48.4 Å². The molecule has 0 atom stereocenters. The Morgan fingerprint density at radius 3 is 2.41 bits per heavy atom. The first-order valence-corrected chi connectivity index (χ1v) is 13.3. The summed E-state index contributed by atoms with van der Waals surface area (Å²) in [6, 6.07) is 25.0. The zero-order valence-corrected chi connectivity index (χ0v) is 21.5. The number of pyridine rings is 1. The van der Waals surface area contributed by atoms with E-state index < -0.39 is 0 Å². The minimum Gasteiger partial charge on any atom is -0.299 e. The Kier molecular flexibility index (Phi) is 6.14. The van der Waals surface area contributed by atoms with Crippen LogP contribution in [0.2, 0.25) is 0 Å². The van der Waals surface area contributed by atoms with E-state index in [0.29, 0.717) is 17.5 Å². The summed E-state index contributed by atoms with van der Waals surface area (Å²) in [5.41, 5.74) is 6.38. The van der Waals surface area contributed by atoms with Gasteiger partial charge >= 0.3 is 0 Å². The molecule has 39 heavy (non-hydrogen) atoms. The molecule has 0 spiro atoms. The highest BCUT2D eigenvalue weighted by molar-refractivity contribution is 5.81. The standard InChI is InChI=1S/C31H28N8/c1-2-6-23(7-3-1)26-21-39-19-16-33-31(39)34-28(26)24-11-9-22(10-12-24)20-38-17-13-25(14-18-38)29-35-30(37-36-29)27-8-4-5-15-32-27/h1-12,15-16,19,21,25H,13-14,17-18,20H2,(H,35,36,37). The van der Waals surface area contributed by atoms with E-state index in [0.717, 1.165) is 66.4 Å². The van der Waals surface area contributed by atoms with Gasteiger partial charge in [0.05, 0.1) is 5.69 Å². The molecule has 8 heteroatoms. The predicted molar refractivity (Wildman–Crippen MR) is 151 cm³/mol. The molecular weight excluding hydrogens is 484 g/mol. The maximum atomic E-state index is 4.91. The SMILES string of the molecule is c1ccc(-c2cn3ccnc3nc2-c2ccc(CN3CCC(c4nc(-c5ccccn5)n[nH]4)CC3)cc2)cc1. The number of rotatable bonds is 6. The van der Waals surface area contributed by atoms with Gasteiger partial charge in [0.25, 0.3) is 0 Å². The van der Waals surface area contributed by atoms with Gasteiger partial charge in [-0.05, 0) is 49.2 Å². The van der Waals surface area contributed by atoms with Crippen molar-refractivity contribution in [1.29, 1.82) is 0 Å². The highest BCUT2D eigenvalue weighted by atomic mass is 15.2.